The number of carbonyl (C=O) groups is 2. The zero-order chi connectivity index (χ0) is 17.6. The number of benzene rings is 1. The van der Waals surface area contributed by atoms with Gasteiger partial charge in [0.25, 0.3) is 11.8 Å². The second-order valence-electron chi connectivity index (χ2n) is 5.10. The summed E-state index contributed by atoms with van der Waals surface area (Å²) in [5, 5.41) is 5.80. The maximum atomic E-state index is 12.0. The third-order valence-electron chi connectivity index (χ3n) is 3.31. The molecule has 2 aromatic heterocycles. The molecule has 25 heavy (non-hydrogen) atoms. The van der Waals surface area contributed by atoms with E-state index < -0.39 is 11.8 Å². The van der Waals surface area contributed by atoms with Gasteiger partial charge in [-0.3, -0.25) is 14.9 Å². The Morgan fingerprint density at radius 3 is 2.60 bits per heavy atom. The van der Waals surface area contributed by atoms with Gasteiger partial charge in [-0.1, -0.05) is 23.7 Å². The van der Waals surface area contributed by atoms with E-state index >= 15 is 0 Å². The van der Waals surface area contributed by atoms with Crippen LogP contribution in [0.5, 0.6) is 0 Å². The molecule has 0 aliphatic rings. The first-order chi connectivity index (χ1) is 12.1. The van der Waals surface area contributed by atoms with Crippen molar-refractivity contribution in [1.82, 2.24) is 10.3 Å². The van der Waals surface area contributed by atoms with Crippen molar-refractivity contribution < 1.29 is 18.4 Å². The summed E-state index contributed by atoms with van der Waals surface area (Å²) in [5.74, 6) is -0.787. The van der Waals surface area contributed by atoms with Crippen LogP contribution < -0.4 is 10.6 Å². The van der Waals surface area contributed by atoms with E-state index in [9.17, 15) is 9.59 Å². The second kappa shape index (κ2) is 7.67. The van der Waals surface area contributed by atoms with Crippen molar-refractivity contribution in [2.45, 2.75) is 6.42 Å². The smallest absolute Gasteiger partial charge is 0.302 e. The number of rotatable bonds is 6. The van der Waals surface area contributed by atoms with E-state index in [2.05, 4.69) is 15.6 Å². The van der Waals surface area contributed by atoms with Gasteiger partial charge in [0.05, 0.1) is 6.26 Å². The topological polar surface area (TPSA) is 97.4 Å². The van der Waals surface area contributed by atoms with Crippen LogP contribution in [0.2, 0.25) is 5.02 Å². The van der Waals surface area contributed by atoms with Crippen molar-refractivity contribution in [3.63, 3.8) is 0 Å². The number of anilines is 1. The van der Waals surface area contributed by atoms with E-state index in [1.54, 1.807) is 18.2 Å². The molecule has 0 unspecified atom stereocenters. The predicted octanol–water partition coefficient (Wildman–Crippen LogP) is 3.15. The Morgan fingerprint density at radius 2 is 1.88 bits per heavy atom. The maximum Gasteiger partial charge on any atom is 0.302 e. The maximum absolute atomic E-state index is 12.0. The second-order valence-corrected chi connectivity index (χ2v) is 5.54. The first-order valence-corrected chi connectivity index (χ1v) is 7.82. The van der Waals surface area contributed by atoms with E-state index in [0.29, 0.717) is 18.0 Å². The molecule has 1 aromatic carbocycles. The Kier molecular flexibility index (Phi) is 5.15. The quantitative estimate of drug-likeness (QED) is 0.704. The highest BCUT2D eigenvalue weighted by molar-refractivity contribution is 6.30. The molecule has 2 amide bonds. The van der Waals surface area contributed by atoms with E-state index in [4.69, 9.17) is 20.4 Å². The average molecular weight is 360 g/mol. The minimum absolute atomic E-state index is 0.0749. The lowest BCUT2D eigenvalue weighted by Crippen LogP contribution is -2.26. The number of furan rings is 1. The summed E-state index contributed by atoms with van der Waals surface area (Å²) < 4.78 is 10.0. The van der Waals surface area contributed by atoms with Crippen molar-refractivity contribution in [3.05, 3.63) is 71.0 Å². The predicted molar refractivity (Wildman–Crippen MR) is 90.7 cm³/mol. The van der Waals surface area contributed by atoms with E-state index in [0.717, 1.165) is 5.56 Å². The summed E-state index contributed by atoms with van der Waals surface area (Å²) >= 11 is 5.82. The molecule has 7 nitrogen and oxygen atoms in total. The molecule has 3 rings (SSSR count). The summed E-state index contributed by atoms with van der Waals surface area (Å²) in [4.78, 5) is 27.8. The molecule has 0 saturated carbocycles. The fourth-order valence-corrected chi connectivity index (χ4v) is 2.19. The number of aromatic nitrogens is 1. The van der Waals surface area contributed by atoms with Gasteiger partial charge in [-0.05, 0) is 36.2 Å². The largest absolute Gasteiger partial charge is 0.459 e. The van der Waals surface area contributed by atoms with E-state index in [1.165, 1.54) is 18.6 Å². The fraction of sp³-hybridized carbons (Fsp3) is 0.118. The van der Waals surface area contributed by atoms with Gasteiger partial charge in [0.2, 0.25) is 0 Å². The minimum atomic E-state index is -0.512. The molecule has 2 heterocycles. The van der Waals surface area contributed by atoms with Crippen LogP contribution in [-0.4, -0.2) is 23.3 Å². The highest BCUT2D eigenvalue weighted by atomic mass is 35.5. The zero-order valence-electron chi connectivity index (χ0n) is 13.0. The molecule has 0 spiro atoms. The number of carbonyl (C=O) groups excluding carboxylic acids is 2. The first kappa shape index (κ1) is 16.8. The van der Waals surface area contributed by atoms with Crippen molar-refractivity contribution in [3.8, 4) is 0 Å². The van der Waals surface area contributed by atoms with Crippen LogP contribution in [0.1, 0.15) is 26.6 Å². The SMILES string of the molecule is O=C(NCCc1ccc(Cl)cc1)c1coc(NC(=O)c2ccco2)n1. The fourth-order valence-electron chi connectivity index (χ4n) is 2.06. The summed E-state index contributed by atoms with van der Waals surface area (Å²) in [6.45, 7) is 0.432. The van der Waals surface area contributed by atoms with Crippen LogP contribution in [0.4, 0.5) is 6.01 Å². The average Bonchev–Trinajstić information content (AvgIpc) is 3.28. The van der Waals surface area contributed by atoms with E-state index in [-0.39, 0.29) is 17.5 Å². The van der Waals surface area contributed by atoms with Crippen LogP contribution in [0.25, 0.3) is 0 Å². The van der Waals surface area contributed by atoms with Gasteiger partial charge in [0, 0.05) is 11.6 Å². The Morgan fingerprint density at radius 1 is 1.08 bits per heavy atom. The molecule has 0 bridgehead atoms. The number of oxazole rings is 1. The summed E-state index contributed by atoms with van der Waals surface area (Å²) in [5.41, 5.74) is 1.13. The van der Waals surface area contributed by atoms with Gasteiger partial charge < -0.3 is 14.2 Å². The lowest BCUT2D eigenvalue weighted by atomic mass is 10.1. The highest BCUT2D eigenvalue weighted by Crippen LogP contribution is 2.11. The van der Waals surface area contributed by atoms with Crippen LogP contribution in [-0.2, 0) is 6.42 Å². The molecule has 128 valence electrons. The number of amides is 2. The van der Waals surface area contributed by atoms with Crippen LogP contribution >= 0.6 is 11.6 Å². The molecule has 0 radical (unpaired) electrons. The molecular formula is C17H14ClN3O4. The number of halogens is 1. The molecule has 0 aliphatic heterocycles. The van der Waals surface area contributed by atoms with Gasteiger partial charge in [-0.25, -0.2) is 0 Å². The summed E-state index contributed by atoms with van der Waals surface area (Å²) in [6.07, 6.45) is 3.21. The third kappa shape index (κ3) is 4.48. The van der Waals surface area contributed by atoms with Gasteiger partial charge >= 0.3 is 6.01 Å². The minimum Gasteiger partial charge on any atom is -0.459 e. The van der Waals surface area contributed by atoms with Gasteiger partial charge in [-0.2, -0.15) is 4.98 Å². The Labute approximate surface area is 148 Å². The molecule has 3 aromatic rings. The number of nitrogens with zero attached hydrogens (tertiary/aromatic N) is 1. The Balaban J connectivity index is 1.50. The van der Waals surface area contributed by atoms with Gasteiger partial charge in [-0.15, -0.1) is 0 Å². The van der Waals surface area contributed by atoms with Gasteiger partial charge in [0.15, 0.2) is 11.5 Å². The summed E-state index contributed by atoms with van der Waals surface area (Å²) in [6, 6.07) is 10.4. The molecule has 2 N–H and O–H groups in total. The number of hydrogen-bond acceptors (Lipinski definition) is 5. The monoisotopic (exact) mass is 359 g/mol. The Hall–Kier alpha value is -3.06. The normalized spacial score (nSPS) is 10.4. The van der Waals surface area contributed by atoms with Crippen molar-refractivity contribution in [1.29, 1.82) is 0 Å². The van der Waals surface area contributed by atoms with Crippen molar-refractivity contribution in [2.24, 2.45) is 0 Å². The first-order valence-electron chi connectivity index (χ1n) is 7.45. The van der Waals surface area contributed by atoms with Crippen LogP contribution in [0.15, 0.2) is 57.8 Å². The lowest BCUT2D eigenvalue weighted by molar-refractivity contribution is 0.0947. The van der Waals surface area contributed by atoms with Crippen molar-refractivity contribution in [2.75, 3.05) is 11.9 Å². The molecule has 0 aliphatic carbocycles. The molecule has 0 saturated heterocycles. The zero-order valence-corrected chi connectivity index (χ0v) is 13.7. The lowest BCUT2D eigenvalue weighted by Gasteiger charge is -2.03. The van der Waals surface area contributed by atoms with E-state index in [1.807, 2.05) is 12.1 Å². The highest BCUT2D eigenvalue weighted by Gasteiger charge is 2.15. The Bertz CT molecular complexity index is 856. The molecule has 0 atom stereocenters. The standard InChI is InChI=1S/C17H14ClN3O4/c18-12-5-3-11(4-6-12)7-8-19-15(22)13-10-25-17(20-13)21-16(23)14-2-1-9-24-14/h1-6,9-10H,7-8H2,(H,19,22)(H,20,21,23). The van der Waals surface area contributed by atoms with Crippen LogP contribution in [0, 0.1) is 0 Å². The molecule has 8 heteroatoms. The number of hydrogen-bond donors (Lipinski definition) is 2. The summed E-state index contributed by atoms with van der Waals surface area (Å²) in [7, 11) is 0. The van der Waals surface area contributed by atoms with Crippen molar-refractivity contribution >= 4 is 29.4 Å². The third-order valence-corrected chi connectivity index (χ3v) is 3.57. The van der Waals surface area contributed by atoms with Crippen LogP contribution in [0.3, 0.4) is 0 Å². The molecular weight excluding hydrogens is 346 g/mol. The number of nitrogens with one attached hydrogen (secondary N) is 2. The molecule has 0 fully saturated rings. The van der Waals surface area contributed by atoms with Gasteiger partial charge in [0.1, 0.15) is 6.26 Å².